The van der Waals surface area contributed by atoms with Crippen LogP contribution in [0.1, 0.15) is 38.1 Å². The number of aromatic nitrogens is 1. The van der Waals surface area contributed by atoms with Gasteiger partial charge in [0.15, 0.2) is 0 Å². The quantitative estimate of drug-likeness (QED) is 0.911. The number of nitrogens with zero attached hydrogens (tertiary/aromatic N) is 3. The van der Waals surface area contributed by atoms with Crippen LogP contribution in [0, 0.1) is 0 Å². The van der Waals surface area contributed by atoms with Crippen molar-refractivity contribution >= 4 is 5.91 Å². The number of methoxy groups -OCH3 is 1. The van der Waals surface area contributed by atoms with Crippen LogP contribution < -0.4 is 4.74 Å². The molecule has 0 spiro atoms. The van der Waals surface area contributed by atoms with Crippen molar-refractivity contribution in [2.45, 2.75) is 45.3 Å². The lowest BCUT2D eigenvalue weighted by Gasteiger charge is -2.49. The topological polar surface area (TPSA) is 65.9 Å². The monoisotopic (exact) mass is 321 g/mol. The van der Waals surface area contributed by atoms with E-state index >= 15 is 0 Å². The molecular formula is C17H27N3O3. The molecule has 1 fully saturated rings. The molecule has 2 unspecified atom stereocenters. The highest BCUT2D eigenvalue weighted by molar-refractivity contribution is 5.94. The van der Waals surface area contributed by atoms with Crippen LogP contribution in [0.2, 0.25) is 0 Å². The average Bonchev–Trinajstić information content (AvgIpc) is 2.52. The van der Waals surface area contributed by atoms with E-state index in [1.807, 2.05) is 6.92 Å². The average molecular weight is 321 g/mol. The molecule has 0 radical (unpaired) electrons. The Bertz CT molecular complexity index is 539. The summed E-state index contributed by atoms with van der Waals surface area (Å²) in [6.07, 6.45) is 1.53. The number of rotatable bonds is 3. The fraction of sp³-hybridized carbons (Fsp3) is 0.647. The molecule has 6 heteroatoms. The lowest BCUT2D eigenvalue weighted by Crippen LogP contribution is -2.64. The Balaban J connectivity index is 2.21. The molecule has 6 nitrogen and oxygen atoms in total. The van der Waals surface area contributed by atoms with Gasteiger partial charge in [-0.25, -0.2) is 4.98 Å². The largest absolute Gasteiger partial charge is 0.481 e. The number of pyridine rings is 1. The Hall–Kier alpha value is -1.66. The Kier molecular flexibility index (Phi) is 5.26. The molecule has 2 atom stereocenters. The molecule has 1 saturated heterocycles. The van der Waals surface area contributed by atoms with Crippen LogP contribution >= 0.6 is 0 Å². The molecule has 1 N–H and O–H groups in total. The molecule has 1 aromatic heterocycles. The maximum Gasteiger partial charge on any atom is 0.256 e. The summed E-state index contributed by atoms with van der Waals surface area (Å²) >= 11 is 0. The van der Waals surface area contributed by atoms with Crippen LogP contribution in [-0.4, -0.2) is 70.2 Å². The van der Waals surface area contributed by atoms with Crippen LogP contribution in [0.3, 0.4) is 0 Å². The fourth-order valence-corrected chi connectivity index (χ4v) is 3.02. The van der Waals surface area contributed by atoms with Gasteiger partial charge < -0.3 is 14.7 Å². The van der Waals surface area contributed by atoms with E-state index in [0.717, 1.165) is 6.54 Å². The first-order valence-electron chi connectivity index (χ1n) is 7.96. The summed E-state index contributed by atoms with van der Waals surface area (Å²) in [5.41, 5.74) is 0.527. The van der Waals surface area contributed by atoms with Gasteiger partial charge in [-0.2, -0.15) is 0 Å². The van der Waals surface area contributed by atoms with Gasteiger partial charge in [0.1, 0.15) is 0 Å². The number of hydrogen-bond donors (Lipinski definition) is 1. The summed E-state index contributed by atoms with van der Waals surface area (Å²) in [6, 6.07) is 3.20. The number of ether oxygens (including phenoxy) is 1. The van der Waals surface area contributed by atoms with E-state index in [1.54, 1.807) is 24.1 Å². The highest BCUT2D eigenvalue weighted by Crippen LogP contribution is 2.24. The summed E-state index contributed by atoms with van der Waals surface area (Å²) in [6.45, 7) is 9.88. The smallest absolute Gasteiger partial charge is 0.256 e. The maximum absolute atomic E-state index is 12.9. The SMILES string of the molecule is COc1ccc(C(=O)N2C(C)CN(C(C)(C)C)CC2CO)cn1. The van der Waals surface area contributed by atoms with Gasteiger partial charge in [-0.15, -0.1) is 0 Å². The minimum Gasteiger partial charge on any atom is -0.481 e. The number of hydrogen-bond acceptors (Lipinski definition) is 5. The number of aliphatic hydroxyl groups is 1. The van der Waals surface area contributed by atoms with Crippen molar-refractivity contribution in [2.75, 3.05) is 26.8 Å². The summed E-state index contributed by atoms with van der Waals surface area (Å²) in [5, 5.41) is 9.78. The lowest BCUT2D eigenvalue weighted by atomic mass is 9.98. The van der Waals surface area contributed by atoms with Gasteiger partial charge in [-0.05, 0) is 33.8 Å². The van der Waals surface area contributed by atoms with Crippen LogP contribution in [0.5, 0.6) is 5.88 Å². The van der Waals surface area contributed by atoms with E-state index < -0.39 is 0 Å². The second-order valence-corrected chi connectivity index (χ2v) is 7.06. The van der Waals surface area contributed by atoms with Gasteiger partial charge in [-0.1, -0.05) is 0 Å². The third kappa shape index (κ3) is 3.82. The molecule has 128 valence electrons. The highest BCUT2D eigenvalue weighted by atomic mass is 16.5. The van der Waals surface area contributed by atoms with Crippen molar-refractivity contribution in [1.29, 1.82) is 0 Å². The van der Waals surface area contributed by atoms with Gasteiger partial charge in [0.05, 0.1) is 25.3 Å². The van der Waals surface area contributed by atoms with Crippen molar-refractivity contribution in [3.8, 4) is 5.88 Å². The summed E-state index contributed by atoms with van der Waals surface area (Å²) in [7, 11) is 1.54. The Morgan fingerprint density at radius 3 is 2.57 bits per heavy atom. The van der Waals surface area contributed by atoms with E-state index in [1.165, 1.54) is 6.20 Å². The molecule has 2 heterocycles. The van der Waals surface area contributed by atoms with Crippen molar-refractivity contribution in [3.63, 3.8) is 0 Å². The zero-order valence-corrected chi connectivity index (χ0v) is 14.6. The van der Waals surface area contributed by atoms with Crippen LogP contribution in [0.15, 0.2) is 18.3 Å². The van der Waals surface area contributed by atoms with E-state index in [2.05, 4.69) is 30.7 Å². The second kappa shape index (κ2) is 6.84. The minimum atomic E-state index is -0.215. The van der Waals surface area contributed by atoms with Crippen molar-refractivity contribution in [3.05, 3.63) is 23.9 Å². The molecular weight excluding hydrogens is 294 g/mol. The molecule has 0 saturated carbocycles. The van der Waals surface area contributed by atoms with E-state index in [4.69, 9.17) is 4.74 Å². The molecule has 2 rings (SSSR count). The van der Waals surface area contributed by atoms with Gasteiger partial charge in [0.2, 0.25) is 5.88 Å². The van der Waals surface area contributed by atoms with Gasteiger partial charge in [-0.3, -0.25) is 9.69 Å². The van der Waals surface area contributed by atoms with Crippen LogP contribution in [0.25, 0.3) is 0 Å². The summed E-state index contributed by atoms with van der Waals surface area (Å²) in [4.78, 5) is 21.0. The molecule has 1 amide bonds. The zero-order chi connectivity index (χ0) is 17.2. The molecule has 1 aliphatic rings. The number of piperazine rings is 1. The Labute approximate surface area is 138 Å². The zero-order valence-electron chi connectivity index (χ0n) is 14.6. The van der Waals surface area contributed by atoms with Crippen LogP contribution in [-0.2, 0) is 0 Å². The first-order valence-corrected chi connectivity index (χ1v) is 7.96. The molecule has 0 bridgehead atoms. The molecule has 0 aromatic carbocycles. The summed E-state index contributed by atoms with van der Waals surface area (Å²) in [5.74, 6) is 0.381. The standard InChI is InChI=1S/C17H27N3O3/c1-12-9-19(17(2,3)4)10-14(11-21)20(12)16(22)13-6-7-15(23-5)18-8-13/h6-8,12,14,21H,9-11H2,1-5H3. The van der Waals surface area contributed by atoms with Gasteiger partial charge in [0.25, 0.3) is 5.91 Å². The van der Waals surface area contributed by atoms with Crippen molar-refractivity contribution < 1.29 is 14.6 Å². The van der Waals surface area contributed by atoms with E-state index in [0.29, 0.717) is 18.0 Å². The van der Waals surface area contributed by atoms with Crippen molar-refractivity contribution in [1.82, 2.24) is 14.8 Å². The third-order valence-electron chi connectivity index (χ3n) is 4.37. The fourth-order valence-electron chi connectivity index (χ4n) is 3.02. The normalized spacial score (nSPS) is 23.0. The highest BCUT2D eigenvalue weighted by Gasteiger charge is 2.38. The van der Waals surface area contributed by atoms with Gasteiger partial charge >= 0.3 is 0 Å². The predicted molar refractivity (Wildman–Crippen MR) is 88.6 cm³/mol. The molecule has 1 aromatic rings. The van der Waals surface area contributed by atoms with Gasteiger partial charge in [0, 0.05) is 36.9 Å². The molecule has 23 heavy (non-hydrogen) atoms. The number of aliphatic hydroxyl groups excluding tert-OH is 1. The first-order chi connectivity index (χ1) is 10.8. The number of carbonyl (C=O) groups is 1. The summed E-state index contributed by atoms with van der Waals surface area (Å²) < 4.78 is 5.03. The van der Waals surface area contributed by atoms with E-state index in [-0.39, 0.29) is 30.1 Å². The maximum atomic E-state index is 12.9. The first kappa shape index (κ1) is 17.7. The number of amides is 1. The lowest BCUT2D eigenvalue weighted by molar-refractivity contribution is -0.0197. The number of carbonyl (C=O) groups excluding carboxylic acids is 1. The Morgan fingerprint density at radius 1 is 1.39 bits per heavy atom. The second-order valence-electron chi connectivity index (χ2n) is 7.06. The molecule has 1 aliphatic heterocycles. The molecule has 0 aliphatic carbocycles. The minimum absolute atomic E-state index is 0.0124. The van der Waals surface area contributed by atoms with Crippen LogP contribution in [0.4, 0.5) is 0 Å². The van der Waals surface area contributed by atoms with E-state index in [9.17, 15) is 9.90 Å². The predicted octanol–water partition coefficient (Wildman–Crippen LogP) is 1.40. The Morgan fingerprint density at radius 2 is 2.09 bits per heavy atom. The van der Waals surface area contributed by atoms with Crippen molar-refractivity contribution in [2.24, 2.45) is 0 Å². The third-order valence-corrected chi connectivity index (χ3v) is 4.37.